The second kappa shape index (κ2) is 8.06. The molecule has 2 aromatic heterocycles. The lowest BCUT2D eigenvalue weighted by molar-refractivity contribution is 0.0933. The van der Waals surface area contributed by atoms with E-state index in [4.69, 9.17) is 16.1 Å². The lowest BCUT2D eigenvalue weighted by Gasteiger charge is -2.18. The molecule has 0 unspecified atom stereocenters. The standard InChI is InChI=1S/C22H16ClN3O2/c23-17-11-5-4-10-16(17)20-14-19(26-28-20)22(27)25-21(15-8-2-1-3-9-15)18-12-6-7-13-24-18/h1-14,21H,(H,25,27)/t21-/m1/s1. The van der Waals surface area contributed by atoms with E-state index in [0.29, 0.717) is 16.3 Å². The number of carbonyl (C=O) groups is 1. The van der Waals surface area contributed by atoms with Crippen molar-refractivity contribution < 1.29 is 9.32 Å². The molecule has 0 saturated carbocycles. The van der Waals surface area contributed by atoms with E-state index in [2.05, 4.69) is 15.5 Å². The van der Waals surface area contributed by atoms with Gasteiger partial charge in [0, 0.05) is 17.8 Å². The Morgan fingerprint density at radius 2 is 1.71 bits per heavy atom. The molecule has 6 heteroatoms. The van der Waals surface area contributed by atoms with E-state index in [1.54, 1.807) is 18.3 Å². The Bertz CT molecular complexity index is 1040. The maximum absolute atomic E-state index is 12.8. The lowest BCUT2D eigenvalue weighted by Crippen LogP contribution is -2.30. The summed E-state index contributed by atoms with van der Waals surface area (Å²) in [5.41, 5.74) is 2.51. The van der Waals surface area contributed by atoms with E-state index >= 15 is 0 Å². The Hall–Kier alpha value is -3.44. The van der Waals surface area contributed by atoms with Gasteiger partial charge in [-0.3, -0.25) is 9.78 Å². The van der Waals surface area contributed by atoms with Gasteiger partial charge in [0.05, 0.1) is 16.8 Å². The van der Waals surface area contributed by atoms with Crippen molar-refractivity contribution in [2.45, 2.75) is 6.04 Å². The Morgan fingerprint density at radius 3 is 2.46 bits per heavy atom. The second-order valence-electron chi connectivity index (χ2n) is 6.13. The average Bonchev–Trinajstić information content (AvgIpc) is 3.23. The van der Waals surface area contributed by atoms with Crippen LogP contribution in [0.1, 0.15) is 27.8 Å². The molecule has 1 amide bonds. The molecule has 0 aliphatic carbocycles. The van der Waals surface area contributed by atoms with Crippen molar-refractivity contribution in [3.63, 3.8) is 0 Å². The quantitative estimate of drug-likeness (QED) is 0.526. The SMILES string of the molecule is O=C(N[C@H](c1ccccc1)c1ccccn1)c1cc(-c2ccccc2Cl)on1. The topological polar surface area (TPSA) is 68.0 Å². The normalized spacial score (nSPS) is 11.8. The Morgan fingerprint density at radius 1 is 0.964 bits per heavy atom. The zero-order chi connectivity index (χ0) is 19.3. The molecule has 2 heterocycles. The number of halogens is 1. The summed E-state index contributed by atoms with van der Waals surface area (Å²) in [5.74, 6) is 0.0754. The van der Waals surface area contributed by atoms with Gasteiger partial charge in [-0.15, -0.1) is 0 Å². The number of pyridine rings is 1. The number of hydrogen-bond donors (Lipinski definition) is 1. The fourth-order valence-corrected chi connectivity index (χ4v) is 3.12. The zero-order valence-electron chi connectivity index (χ0n) is 14.7. The maximum atomic E-state index is 12.8. The smallest absolute Gasteiger partial charge is 0.274 e. The third-order valence-corrected chi connectivity index (χ3v) is 4.60. The van der Waals surface area contributed by atoms with Crippen molar-refractivity contribution in [1.82, 2.24) is 15.5 Å². The number of aromatic nitrogens is 2. The van der Waals surface area contributed by atoms with E-state index in [0.717, 1.165) is 11.3 Å². The summed E-state index contributed by atoms with van der Waals surface area (Å²) in [5, 5.41) is 7.43. The molecule has 0 spiro atoms. The number of nitrogens with zero attached hydrogens (tertiary/aromatic N) is 2. The highest BCUT2D eigenvalue weighted by atomic mass is 35.5. The molecule has 5 nitrogen and oxygen atoms in total. The van der Waals surface area contributed by atoms with Crippen molar-refractivity contribution in [2.24, 2.45) is 0 Å². The fraction of sp³-hybridized carbons (Fsp3) is 0.0455. The van der Waals surface area contributed by atoms with Gasteiger partial charge >= 0.3 is 0 Å². The van der Waals surface area contributed by atoms with Crippen molar-refractivity contribution in [3.05, 3.63) is 107 Å². The molecule has 0 bridgehead atoms. The van der Waals surface area contributed by atoms with Crippen LogP contribution in [0.25, 0.3) is 11.3 Å². The van der Waals surface area contributed by atoms with Crippen LogP contribution in [0.2, 0.25) is 5.02 Å². The minimum atomic E-state index is -0.407. The fourth-order valence-electron chi connectivity index (χ4n) is 2.90. The zero-order valence-corrected chi connectivity index (χ0v) is 15.5. The number of nitrogens with one attached hydrogen (secondary N) is 1. The van der Waals surface area contributed by atoms with E-state index in [1.807, 2.05) is 66.7 Å². The van der Waals surface area contributed by atoms with Crippen LogP contribution in [0.3, 0.4) is 0 Å². The van der Waals surface area contributed by atoms with Crippen molar-refractivity contribution in [2.75, 3.05) is 0 Å². The number of carbonyl (C=O) groups excluding carboxylic acids is 1. The van der Waals surface area contributed by atoms with Crippen molar-refractivity contribution >= 4 is 17.5 Å². The molecule has 0 radical (unpaired) electrons. The van der Waals surface area contributed by atoms with Crippen LogP contribution in [-0.4, -0.2) is 16.0 Å². The molecule has 2 aromatic carbocycles. The van der Waals surface area contributed by atoms with Gasteiger partial charge in [0.1, 0.15) is 0 Å². The van der Waals surface area contributed by atoms with Gasteiger partial charge in [0.25, 0.3) is 5.91 Å². The number of benzene rings is 2. The maximum Gasteiger partial charge on any atom is 0.274 e. The van der Waals surface area contributed by atoms with Crippen LogP contribution in [0.15, 0.2) is 89.6 Å². The van der Waals surface area contributed by atoms with Gasteiger partial charge in [-0.1, -0.05) is 65.3 Å². The summed E-state index contributed by atoms with van der Waals surface area (Å²) >= 11 is 6.20. The monoisotopic (exact) mass is 389 g/mol. The van der Waals surface area contributed by atoms with E-state index in [-0.39, 0.29) is 11.6 Å². The minimum absolute atomic E-state index is 0.173. The molecule has 1 atom stereocenters. The first kappa shape index (κ1) is 17.9. The van der Waals surface area contributed by atoms with Crippen LogP contribution in [0.5, 0.6) is 0 Å². The predicted octanol–water partition coefficient (Wildman–Crippen LogP) is 4.91. The van der Waals surface area contributed by atoms with Gasteiger partial charge in [0.2, 0.25) is 0 Å². The second-order valence-corrected chi connectivity index (χ2v) is 6.54. The van der Waals surface area contributed by atoms with Gasteiger partial charge in [0.15, 0.2) is 11.5 Å². The highest BCUT2D eigenvalue weighted by Crippen LogP contribution is 2.28. The molecule has 4 aromatic rings. The van der Waals surface area contributed by atoms with Crippen LogP contribution in [0, 0.1) is 0 Å². The highest BCUT2D eigenvalue weighted by Gasteiger charge is 2.21. The van der Waals surface area contributed by atoms with Gasteiger partial charge in [-0.25, -0.2) is 0 Å². The predicted molar refractivity (Wildman–Crippen MR) is 107 cm³/mol. The molecule has 4 rings (SSSR count). The summed E-state index contributed by atoms with van der Waals surface area (Å²) in [4.78, 5) is 17.2. The number of hydrogen-bond acceptors (Lipinski definition) is 4. The van der Waals surface area contributed by atoms with E-state index < -0.39 is 6.04 Å². The summed E-state index contributed by atoms with van der Waals surface area (Å²) in [7, 11) is 0. The largest absolute Gasteiger partial charge is 0.355 e. The molecule has 0 aliphatic heterocycles. The Balaban J connectivity index is 1.61. The molecule has 28 heavy (non-hydrogen) atoms. The summed E-state index contributed by atoms with van der Waals surface area (Å²) in [6.45, 7) is 0. The van der Waals surface area contributed by atoms with Gasteiger partial charge < -0.3 is 9.84 Å². The molecule has 0 fully saturated rings. The van der Waals surface area contributed by atoms with E-state index in [1.165, 1.54) is 0 Å². The van der Waals surface area contributed by atoms with Crippen molar-refractivity contribution in [1.29, 1.82) is 0 Å². The molecule has 1 N–H and O–H groups in total. The summed E-state index contributed by atoms with van der Waals surface area (Å²) in [6.07, 6.45) is 1.70. The molecule has 0 aliphatic rings. The minimum Gasteiger partial charge on any atom is -0.355 e. The Labute approximate surface area is 167 Å². The lowest BCUT2D eigenvalue weighted by atomic mass is 10.0. The molecular weight excluding hydrogens is 374 g/mol. The van der Waals surface area contributed by atoms with Gasteiger partial charge in [-0.2, -0.15) is 0 Å². The first-order valence-corrected chi connectivity index (χ1v) is 9.08. The van der Waals surface area contributed by atoms with Crippen LogP contribution in [-0.2, 0) is 0 Å². The van der Waals surface area contributed by atoms with E-state index in [9.17, 15) is 4.79 Å². The number of rotatable bonds is 5. The van der Waals surface area contributed by atoms with Crippen LogP contribution in [0.4, 0.5) is 0 Å². The highest BCUT2D eigenvalue weighted by molar-refractivity contribution is 6.33. The summed E-state index contributed by atoms with van der Waals surface area (Å²) in [6, 6.07) is 23.6. The average molecular weight is 390 g/mol. The van der Waals surface area contributed by atoms with Crippen LogP contribution >= 0.6 is 11.6 Å². The third kappa shape index (κ3) is 3.80. The molecule has 138 valence electrons. The first-order valence-electron chi connectivity index (χ1n) is 8.71. The van der Waals surface area contributed by atoms with Crippen LogP contribution < -0.4 is 5.32 Å². The molecular formula is C22H16ClN3O2. The molecule has 0 saturated heterocycles. The third-order valence-electron chi connectivity index (χ3n) is 4.27. The number of amides is 1. The first-order chi connectivity index (χ1) is 13.7. The van der Waals surface area contributed by atoms with Crippen molar-refractivity contribution in [3.8, 4) is 11.3 Å². The Kier molecular flexibility index (Phi) is 5.17. The van der Waals surface area contributed by atoms with Gasteiger partial charge in [-0.05, 0) is 29.8 Å². The summed E-state index contributed by atoms with van der Waals surface area (Å²) < 4.78 is 5.33.